The zero-order chi connectivity index (χ0) is 19.0. The van der Waals surface area contributed by atoms with E-state index in [1.165, 1.54) is 19.1 Å². The van der Waals surface area contributed by atoms with Crippen LogP contribution in [0.3, 0.4) is 0 Å². The summed E-state index contributed by atoms with van der Waals surface area (Å²) in [6.45, 7) is 4.03. The monoisotopic (exact) mass is 357 g/mol. The van der Waals surface area contributed by atoms with Crippen molar-refractivity contribution in [1.29, 1.82) is 0 Å². The number of carbonyl (C=O) groups is 3. The van der Waals surface area contributed by atoms with E-state index in [1.54, 1.807) is 13.8 Å². The van der Waals surface area contributed by atoms with Gasteiger partial charge in [0.05, 0.1) is 5.56 Å². The van der Waals surface area contributed by atoms with Crippen molar-refractivity contribution in [1.82, 2.24) is 15.5 Å². The Bertz CT molecular complexity index is 718. The van der Waals surface area contributed by atoms with Crippen molar-refractivity contribution in [3.05, 3.63) is 35.4 Å². The van der Waals surface area contributed by atoms with Crippen LogP contribution in [0.4, 0.5) is 18.0 Å². The fourth-order valence-electron chi connectivity index (χ4n) is 2.70. The van der Waals surface area contributed by atoms with Crippen LogP contribution in [0.25, 0.3) is 0 Å². The van der Waals surface area contributed by atoms with Gasteiger partial charge in [-0.2, -0.15) is 13.2 Å². The molecule has 0 aliphatic carbocycles. The molecule has 25 heavy (non-hydrogen) atoms. The van der Waals surface area contributed by atoms with Gasteiger partial charge in [0.1, 0.15) is 12.1 Å². The molecule has 1 fully saturated rings. The van der Waals surface area contributed by atoms with E-state index in [0.29, 0.717) is 4.90 Å². The maximum Gasteiger partial charge on any atom is 0.416 e. The van der Waals surface area contributed by atoms with E-state index < -0.39 is 41.7 Å². The average Bonchev–Trinajstić information content (AvgIpc) is 2.70. The molecule has 6 nitrogen and oxygen atoms in total. The zero-order valence-electron chi connectivity index (χ0n) is 13.9. The Morgan fingerprint density at radius 3 is 2.44 bits per heavy atom. The first-order chi connectivity index (χ1) is 11.5. The molecule has 1 aliphatic heterocycles. The Morgan fingerprint density at radius 1 is 1.28 bits per heavy atom. The first-order valence-electron chi connectivity index (χ1n) is 7.57. The molecule has 1 aromatic carbocycles. The molecule has 0 radical (unpaired) electrons. The second-order valence-electron chi connectivity index (χ2n) is 6.21. The normalized spacial score (nSPS) is 20.8. The molecule has 0 unspecified atom stereocenters. The smallest absolute Gasteiger partial charge is 0.352 e. The largest absolute Gasteiger partial charge is 0.416 e. The molecule has 0 bridgehead atoms. The highest BCUT2D eigenvalue weighted by Gasteiger charge is 2.52. The Labute approximate surface area is 142 Å². The fourth-order valence-corrected chi connectivity index (χ4v) is 2.70. The molecule has 1 aromatic rings. The lowest BCUT2D eigenvalue weighted by Crippen LogP contribution is -2.45. The van der Waals surface area contributed by atoms with Gasteiger partial charge >= 0.3 is 12.2 Å². The fraction of sp³-hybridized carbons (Fsp3) is 0.438. The summed E-state index contributed by atoms with van der Waals surface area (Å²) in [5.74, 6) is -1.49. The van der Waals surface area contributed by atoms with Gasteiger partial charge in [-0.1, -0.05) is 18.2 Å². The number of alkyl halides is 3. The van der Waals surface area contributed by atoms with E-state index >= 15 is 0 Å². The summed E-state index contributed by atoms with van der Waals surface area (Å²) in [4.78, 5) is 37.1. The number of urea groups is 1. The molecule has 1 saturated heterocycles. The van der Waals surface area contributed by atoms with Gasteiger partial charge < -0.3 is 10.6 Å². The lowest BCUT2D eigenvalue weighted by molar-refractivity contribution is -0.140. The van der Waals surface area contributed by atoms with Gasteiger partial charge in [-0.25, -0.2) is 4.79 Å². The number of amides is 4. The third-order valence-electron chi connectivity index (χ3n) is 3.80. The van der Waals surface area contributed by atoms with Gasteiger partial charge in [0.15, 0.2) is 0 Å². The third-order valence-corrected chi connectivity index (χ3v) is 3.80. The van der Waals surface area contributed by atoms with Crippen molar-refractivity contribution >= 4 is 17.8 Å². The van der Waals surface area contributed by atoms with Gasteiger partial charge in [0, 0.05) is 6.04 Å². The number of nitrogens with one attached hydrogen (secondary N) is 2. The minimum absolute atomic E-state index is 0.203. The molecule has 9 heteroatoms. The standard InChI is InChI=1S/C16H18F3N3O3/c1-9(2)20-12(23)8-22-13(24)15(3,21-14(22)25)10-6-4-5-7-11(10)16(17,18)19/h4-7,9H,8H2,1-3H3,(H,20,23)(H,21,25)/t15-/m0/s1. The minimum Gasteiger partial charge on any atom is -0.352 e. The minimum atomic E-state index is -4.69. The Balaban J connectivity index is 2.37. The van der Waals surface area contributed by atoms with E-state index in [2.05, 4.69) is 10.6 Å². The van der Waals surface area contributed by atoms with E-state index in [9.17, 15) is 27.6 Å². The molecular formula is C16H18F3N3O3. The lowest BCUT2D eigenvalue weighted by Gasteiger charge is -2.25. The first-order valence-corrected chi connectivity index (χ1v) is 7.57. The van der Waals surface area contributed by atoms with Crippen LogP contribution in [0, 0.1) is 0 Å². The maximum atomic E-state index is 13.2. The van der Waals surface area contributed by atoms with Crippen LogP contribution in [0.15, 0.2) is 24.3 Å². The van der Waals surface area contributed by atoms with Crippen molar-refractivity contribution in [2.24, 2.45) is 0 Å². The summed E-state index contributed by atoms with van der Waals surface area (Å²) in [6.07, 6.45) is -4.69. The van der Waals surface area contributed by atoms with E-state index in [-0.39, 0.29) is 11.6 Å². The number of hydrogen-bond acceptors (Lipinski definition) is 3. The van der Waals surface area contributed by atoms with Crippen molar-refractivity contribution in [2.45, 2.75) is 38.5 Å². The molecule has 2 N–H and O–H groups in total. The predicted molar refractivity (Wildman–Crippen MR) is 82.3 cm³/mol. The van der Waals surface area contributed by atoms with Gasteiger partial charge in [-0.3, -0.25) is 14.5 Å². The molecule has 2 rings (SSSR count). The Morgan fingerprint density at radius 2 is 1.88 bits per heavy atom. The highest BCUT2D eigenvalue weighted by molar-refractivity contribution is 6.09. The van der Waals surface area contributed by atoms with Gasteiger partial charge in [0.25, 0.3) is 5.91 Å². The van der Waals surface area contributed by atoms with Gasteiger partial charge in [0.2, 0.25) is 5.91 Å². The van der Waals surface area contributed by atoms with Gasteiger partial charge in [-0.15, -0.1) is 0 Å². The molecule has 1 aliphatic rings. The number of benzene rings is 1. The highest BCUT2D eigenvalue weighted by Crippen LogP contribution is 2.39. The number of halogens is 3. The number of carbonyl (C=O) groups excluding carboxylic acids is 3. The van der Waals surface area contributed by atoms with Gasteiger partial charge in [-0.05, 0) is 32.4 Å². The van der Waals surface area contributed by atoms with Crippen molar-refractivity contribution in [3.63, 3.8) is 0 Å². The number of nitrogens with zero attached hydrogens (tertiary/aromatic N) is 1. The number of rotatable bonds is 4. The number of hydrogen-bond donors (Lipinski definition) is 2. The van der Waals surface area contributed by atoms with Crippen molar-refractivity contribution in [3.8, 4) is 0 Å². The highest BCUT2D eigenvalue weighted by atomic mass is 19.4. The van der Waals surface area contributed by atoms with Crippen LogP contribution in [-0.4, -0.2) is 35.3 Å². The molecule has 4 amide bonds. The Hall–Kier alpha value is -2.58. The lowest BCUT2D eigenvalue weighted by atomic mass is 9.87. The zero-order valence-corrected chi connectivity index (χ0v) is 13.9. The number of imide groups is 1. The molecule has 0 aromatic heterocycles. The summed E-state index contributed by atoms with van der Waals surface area (Å²) in [5, 5.41) is 4.80. The quantitative estimate of drug-likeness (QED) is 0.809. The van der Waals surface area contributed by atoms with E-state index in [1.807, 2.05) is 0 Å². The second-order valence-corrected chi connectivity index (χ2v) is 6.21. The molecule has 0 spiro atoms. The second kappa shape index (κ2) is 6.38. The molecule has 136 valence electrons. The van der Waals surface area contributed by atoms with E-state index in [0.717, 1.165) is 12.1 Å². The van der Waals surface area contributed by atoms with Crippen molar-refractivity contribution < 1.29 is 27.6 Å². The van der Waals surface area contributed by atoms with Crippen LogP contribution < -0.4 is 10.6 Å². The summed E-state index contributed by atoms with van der Waals surface area (Å²) in [6, 6.07) is 3.41. The Kier molecular flexibility index (Phi) is 4.79. The van der Waals surface area contributed by atoms with Crippen LogP contribution in [0.5, 0.6) is 0 Å². The molecular weight excluding hydrogens is 339 g/mol. The SMILES string of the molecule is CC(C)NC(=O)CN1C(=O)N[C@@](C)(c2ccccc2C(F)(F)F)C1=O. The molecule has 1 heterocycles. The molecule has 0 saturated carbocycles. The van der Waals surface area contributed by atoms with Crippen LogP contribution >= 0.6 is 0 Å². The summed E-state index contributed by atoms with van der Waals surface area (Å²) in [7, 11) is 0. The van der Waals surface area contributed by atoms with E-state index in [4.69, 9.17) is 0 Å². The first kappa shape index (κ1) is 18.8. The van der Waals surface area contributed by atoms with Crippen LogP contribution in [-0.2, 0) is 21.3 Å². The summed E-state index contributed by atoms with van der Waals surface area (Å²) in [5.41, 5.74) is -3.28. The summed E-state index contributed by atoms with van der Waals surface area (Å²) < 4.78 is 39.7. The summed E-state index contributed by atoms with van der Waals surface area (Å²) >= 11 is 0. The predicted octanol–water partition coefficient (Wildman–Crippen LogP) is 2.00. The van der Waals surface area contributed by atoms with Crippen LogP contribution in [0.2, 0.25) is 0 Å². The molecule has 1 atom stereocenters. The van der Waals surface area contributed by atoms with Crippen LogP contribution in [0.1, 0.15) is 31.9 Å². The third kappa shape index (κ3) is 3.59. The average molecular weight is 357 g/mol. The topological polar surface area (TPSA) is 78.5 Å². The van der Waals surface area contributed by atoms with Crippen molar-refractivity contribution in [2.75, 3.05) is 6.54 Å². The maximum absolute atomic E-state index is 13.2.